The van der Waals surface area contributed by atoms with Gasteiger partial charge in [-0.15, -0.1) is 11.3 Å². The Labute approximate surface area is 139 Å². The molecule has 0 aliphatic carbocycles. The number of aromatic nitrogens is 3. The first-order chi connectivity index (χ1) is 11.2. The van der Waals surface area contributed by atoms with Crippen molar-refractivity contribution in [3.05, 3.63) is 40.4 Å². The number of rotatable bonds is 5. The van der Waals surface area contributed by atoms with Crippen LogP contribution in [0.2, 0.25) is 0 Å². The summed E-state index contributed by atoms with van der Waals surface area (Å²) in [5.74, 6) is 0.130. The lowest BCUT2D eigenvalue weighted by Crippen LogP contribution is -2.46. The second kappa shape index (κ2) is 7.61. The highest BCUT2D eigenvalue weighted by molar-refractivity contribution is 7.09. The zero-order valence-corrected chi connectivity index (χ0v) is 14.0. The van der Waals surface area contributed by atoms with Gasteiger partial charge in [0.15, 0.2) is 0 Å². The highest BCUT2D eigenvalue weighted by Crippen LogP contribution is 2.14. The average Bonchev–Trinajstić information content (AvgIpc) is 2.99. The van der Waals surface area contributed by atoms with Gasteiger partial charge in [-0.3, -0.25) is 4.79 Å². The van der Waals surface area contributed by atoms with Gasteiger partial charge in [-0.05, 0) is 25.8 Å². The summed E-state index contributed by atoms with van der Waals surface area (Å²) < 4.78 is 5.78. The van der Waals surface area contributed by atoms with Gasteiger partial charge in [-0.25, -0.2) is 15.0 Å². The lowest BCUT2D eigenvalue weighted by molar-refractivity contribution is -0.138. The quantitative estimate of drug-likeness (QED) is 0.833. The van der Waals surface area contributed by atoms with E-state index in [1.165, 1.54) is 0 Å². The van der Waals surface area contributed by atoms with Gasteiger partial charge >= 0.3 is 0 Å². The number of nitrogens with zero attached hydrogens (tertiary/aromatic N) is 4. The van der Waals surface area contributed by atoms with Crippen LogP contribution in [0.4, 0.5) is 0 Å². The molecule has 23 heavy (non-hydrogen) atoms. The molecule has 0 aromatic carbocycles. The highest BCUT2D eigenvalue weighted by Gasteiger charge is 2.24. The zero-order valence-electron chi connectivity index (χ0n) is 13.1. The maximum atomic E-state index is 12.4. The largest absolute Gasteiger partial charge is 0.375 e. The molecule has 0 spiro atoms. The van der Waals surface area contributed by atoms with Crippen molar-refractivity contribution in [1.82, 2.24) is 19.9 Å². The molecule has 7 heteroatoms. The molecule has 0 bridgehead atoms. The van der Waals surface area contributed by atoms with Crippen LogP contribution in [0.3, 0.4) is 0 Å². The molecule has 0 N–H and O–H groups in total. The van der Waals surface area contributed by atoms with E-state index in [9.17, 15) is 4.79 Å². The second-order valence-corrected chi connectivity index (χ2v) is 6.67. The Bertz CT molecular complexity index is 647. The van der Waals surface area contributed by atoms with Crippen molar-refractivity contribution in [2.75, 3.05) is 19.7 Å². The zero-order chi connectivity index (χ0) is 16.1. The first-order valence-corrected chi connectivity index (χ1v) is 8.64. The van der Waals surface area contributed by atoms with Crippen LogP contribution in [0.15, 0.2) is 24.0 Å². The van der Waals surface area contributed by atoms with Gasteiger partial charge in [0.25, 0.3) is 0 Å². The summed E-state index contributed by atoms with van der Waals surface area (Å²) in [6, 6.07) is 1.91. The fourth-order valence-corrected chi connectivity index (χ4v) is 3.26. The smallest absolute Gasteiger partial charge is 0.228 e. The Morgan fingerprint density at radius 3 is 3.13 bits per heavy atom. The number of carbonyl (C=O) groups excluding carboxylic acids is 1. The molecule has 0 unspecified atom stereocenters. The number of ether oxygens (including phenoxy) is 1. The Morgan fingerprint density at radius 2 is 2.39 bits per heavy atom. The summed E-state index contributed by atoms with van der Waals surface area (Å²) in [6.07, 6.45) is 5.44. The van der Waals surface area contributed by atoms with Crippen LogP contribution in [0.5, 0.6) is 0 Å². The molecule has 1 aliphatic heterocycles. The standard InChI is InChI=1S/C16H20N4O2S/c1-12-19-14(10-23-12)8-16(21)20-6-7-22-15(9-20)3-2-13-4-5-17-11-18-13/h4-5,10-11,15H,2-3,6-9H2,1H3/t15-/m0/s1. The van der Waals surface area contributed by atoms with Gasteiger partial charge in [-0.1, -0.05) is 0 Å². The second-order valence-electron chi connectivity index (χ2n) is 5.61. The van der Waals surface area contributed by atoms with Crippen LogP contribution < -0.4 is 0 Å². The number of morpholine rings is 1. The van der Waals surface area contributed by atoms with Crippen molar-refractivity contribution >= 4 is 17.2 Å². The molecular weight excluding hydrogens is 312 g/mol. The van der Waals surface area contributed by atoms with Crippen LogP contribution >= 0.6 is 11.3 Å². The molecule has 3 rings (SSSR count). The number of carbonyl (C=O) groups is 1. The van der Waals surface area contributed by atoms with Crippen LogP contribution in [-0.2, 0) is 22.4 Å². The van der Waals surface area contributed by atoms with E-state index in [1.54, 1.807) is 23.9 Å². The van der Waals surface area contributed by atoms with Crippen molar-refractivity contribution in [3.8, 4) is 0 Å². The fraction of sp³-hybridized carbons (Fsp3) is 0.500. The Kier molecular flexibility index (Phi) is 5.30. The van der Waals surface area contributed by atoms with Crippen LogP contribution in [-0.4, -0.2) is 51.6 Å². The van der Waals surface area contributed by atoms with Crippen molar-refractivity contribution in [3.63, 3.8) is 0 Å². The van der Waals surface area contributed by atoms with Crippen molar-refractivity contribution in [1.29, 1.82) is 0 Å². The monoisotopic (exact) mass is 332 g/mol. The fourth-order valence-electron chi connectivity index (χ4n) is 2.65. The lowest BCUT2D eigenvalue weighted by atomic mass is 10.1. The molecule has 6 nitrogen and oxygen atoms in total. The van der Waals surface area contributed by atoms with Gasteiger partial charge in [-0.2, -0.15) is 0 Å². The Hall–Kier alpha value is -1.86. The first-order valence-electron chi connectivity index (χ1n) is 7.76. The third-order valence-electron chi connectivity index (χ3n) is 3.86. The minimum atomic E-state index is 0.0693. The molecular formula is C16H20N4O2S. The molecule has 1 amide bonds. The lowest BCUT2D eigenvalue weighted by Gasteiger charge is -2.33. The number of amides is 1. The molecule has 3 heterocycles. The number of aryl methyl sites for hydroxylation is 2. The summed E-state index contributed by atoms with van der Waals surface area (Å²) in [6.45, 7) is 3.85. The number of hydrogen-bond acceptors (Lipinski definition) is 6. The SMILES string of the molecule is Cc1nc(CC(=O)N2CCO[C@@H](CCc3ccncn3)C2)cs1. The third-order valence-corrected chi connectivity index (χ3v) is 4.68. The van der Waals surface area contributed by atoms with E-state index in [-0.39, 0.29) is 12.0 Å². The number of thiazole rings is 1. The molecule has 1 saturated heterocycles. The van der Waals surface area contributed by atoms with Gasteiger partial charge in [0.2, 0.25) is 5.91 Å². The van der Waals surface area contributed by atoms with E-state index in [0.29, 0.717) is 26.1 Å². The molecule has 1 atom stereocenters. The first kappa shape index (κ1) is 16.0. The van der Waals surface area contributed by atoms with E-state index in [1.807, 2.05) is 23.3 Å². The summed E-state index contributed by atoms with van der Waals surface area (Å²) in [7, 11) is 0. The summed E-state index contributed by atoms with van der Waals surface area (Å²) >= 11 is 1.58. The molecule has 122 valence electrons. The van der Waals surface area contributed by atoms with E-state index < -0.39 is 0 Å². The average molecular weight is 332 g/mol. The molecule has 2 aromatic rings. The normalized spacial score (nSPS) is 18.1. The van der Waals surface area contributed by atoms with Crippen LogP contribution in [0.25, 0.3) is 0 Å². The minimum absolute atomic E-state index is 0.0693. The van der Waals surface area contributed by atoms with Crippen molar-refractivity contribution in [2.45, 2.75) is 32.3 Å². The van der Waals surface area contributed by atoms with E-state index in [2.05, 4.69) is 15.0 Å². The third kappa shape index (κ3) is 4.56. The summed E-state index contributed by atoms with van der Waals surface area (Å²) in [4.78, 5) is 26.8. The predicted molar refractivity (Wildman–Crippen MR) is 87.2 cm³/mol. The maximum absolute atomic E-state index is 12.4. The van der Waals surface area contributed by atoms with E-state index in [4.69, 9.17) is 4.74 Å². The summed E-state index contributed by atoms with van der Waals surface area (Å²) in [5, 5.41) is 2.96. The minimum Gasteiger partial charge on any atom is -0.375 e. The van der Waals surface area contributed by atoms with Crippen molar-refractivity contribution < 1.29 is 9.53 Å². The predicted octanol–water partition coefficient (Wildman–Crippen LogP) is 1.64. The Balaban J connectivity index is 1.50. The van der Waals surface area contributed by atoms with E-state index in [0.717, 1.165) is 29.2 Å². The van der Waals surface area contributed by atoms with Crippen LogP contribution in [0, 0.1) is 6.92 Å². The van der Waals surface area contributed by atoms with Crippen molar-refractivity contribution in [2.24, 2.45) is 0 Å². The maximum Gasteiger partial charge on any atom is 0.228 e. The van der Waals surface area contributed by atoms with Gasteiger partial charge in [0.1, 0.15) is 6.33 Å². The van der Waals surface area contributed by atoms with Crippen LogP contribution in [0.1, 0.15) is 22.8 Å². The van der Waals surface area contributed by atoms with Gasteiger partial charge in [0, 0.05) is 30.4 Å². The topological polar surface area (TPSA) is 68.2 Å². The van der Waals surface area contributed by atoms with Gasteiger partial charge < -0.3 is 9.64 Å². The molecule has 0 radical (unpaired) electrons. The highest BCUT2D eigenvalue weighted by atomic mass is 32.1. The molecule has 0 saturated carbocycles. The van der Waals surface area contributed by atoms with Gasteiger partial charge in [0.05, 0.1) is 29.8 Å². The number of hydrogen-bond donors (Lipinski definition) is 0. The Morgan fingerprint density at radius 1 is 1.48 bits per heavy atom. The van der Waals surface area contributed by atoms with E-state index >= 15 is 0 Å². The molecule has 1 aliphatic rings. The molecule has 2 aromatic heterocycles. The molecule has 1 fully saturated rings. The summed E-state index contributed by atoms with van der Waals surface area (Å²) in [5.41, 5.74) is 1.87.